The van der Waals surface area contributed by atoms with Gasteiger partial charge in [-0.25, -0.2) is 15.4 Å². The van der Waals surface area contributed by atoms with Crippen LogP contribution < -0.4 is 10.3 Å². The topological polar surface area (TPSA) is 53.4 Å². The van der Waals surface area contributed by atoms with E-state index in [0.29, 0.717) is 5.95 Å². The van der Waals surface area contributed by atoms with Crippen LogP contribution in [-0.4, -0.2) is 30.3 Å². The molecule has 0 bridgehead atoms. The van der Waals surface area contributed by atoms with Crippen LogP contribution >= 0.6 is 0 Å². The minimum Gasteiger partial charge on any atom is -0.378 e. The van der Waals surface area contributed by atoms with Crippen LogP contribution in [0.4, 0.5) is 11.6 Å². The van der Waals surface area contributed by atoms with E-state index in [1.54, 1.807) is 6.21 Å². The lowest BCUT2D eigenvalue weighted by Crippen LogP contribution is -2.08. The molecule has 0 saturated carbocycles. The summed E-state index contributed by atoms with van der Waals surface area (Å²) in [6.07, 6.45) is 1.76. The quantitative estimate of drug-likeness (QED) is 0.356. The zero-order valence-corrected chi connectivity index (χ0v) is 17.0. The van der Waals surface area contributed by atoms with Crippen LogP contribution in [0.25, 0.3) is 22.5 Å². The molecule has 0 amide bonds. The molecule has 4 rings (SSSR count). The Morgan fingerprint density at radius 3 is 1.77 bits per heavy atom. The van der Waals surface area contributed by atoms with Crippen LogP contribution in [-0.2, 0) is 0 Å². The predicted octanol–water partition coefficient (Wildman–Crippen LogP) is 5.32. The Balaban J connectivity index is 1.62. The van der Waals surface area contributed by atoms with Crippen LogP contribution in [0.2, 0.25) is 0 Å². The van der Waals surface area contributed by atoms with Crippen molar-refractivity contribution < 1.29 is 0 Å². The zero-order valence-electron chi connectivity index (χ0n) is 17.0. The molecule has 1 heterocycles. The average molecular weight is 393 g/mol. The second kappa shape index (κ2) is 9.01. The van der Waals surface area contributed by atoms with Crippen LogP contribution in [0.5, 0.6) is 0 Å². The molecule has 0 aliphatic rings. The fourth-order valence-electron chi connectivity index (χ4n) is 3.03. The van der Waals surface area contributed by atoms with Gasteiger partial charge in [-0.1, -0.05) is 72.8 Å². The number of aromatic nitrogens is 2. The Morgan fingerprint density at radius 1 is 0.733 bits per heavy atom. The lowest BCUT2D eigenvalue weighted by atomic mass is 10.1. The SMILES string of the molecule is CN(C)c1ccc(/C=N/Nc2nc(-c3ccccc3)cc(-c3ccccc3)n2)cc1. The van der Waals surface area contributed by atoms with Crippen molar-refractivity contribution in [1.82, 2.24) is 9.97 Å². The van der Waals surface area contributed by atoms with E-state index < -0.39 is 0 Å². The number of hydrazone groups is 1. The first-order chi connectivity index (χ1) is 14.7. The largest absolute Gasteiger partial charge is 0.378 e. The molecule has 1 N–H and O–H groups in total. The third kappa shape index (κ3) is 4.70. The van der Waals surface area contributed by atoms with E-state index in [0.717, 1.165) is 33.8 Å². The van der Waals surface area contributed by atoms with Crippen molar-refractivity contribution in [2.24, 2.45) is 5.10 Å². The number of anilines is 2. The second-order valence-corrected chi connectivity index (χ2v) is 7.05. The van der Waals surface area contributed by atoms with E-state index in [9.17, 15) is 0 Å². The third-order valence-corrected chi connectivity index (χ3v) is 4.65. The van der Waals surface area contributed by atoms with Crippen LogP contribution in [0.3, 0.4) is 0 Å². The number of hydrogen-bond donors (Lipinski definition) is 1. The average Bonchev–Trinajstić information content (AvgIpc) is 2.80. The molecule has 0 atom stereocenters. The zero-order chi connectivity index (χ0) is 20.8. The highest BCUT2D eigenvalue weighted by Crippen LogP contribution is 2.25. The Bertz CT molecular complexity index is 1060. The van der Waals surface area contributed by atoms with Crippen molar-refractivity contribution in [3.63, 3.8) is 0 Å². The van der Waals surface area contributed by atoms with Crippen LogP contribution in [0, 0.1) is 0 Å². The molecule has 0 saturated heterocycles. The molecular weight excluding hydrogens is 370 g/mol. The summed E-state index contributed by atoms with van der Waals surface area (Å²) in [5, 5.41) is 4.34. The Labute approximate surface area is 176 Å². The molecule has 0 radical (unpaired) electrons. The van der Waals surface area contributed by atoms with Crippen molar-refractivity contribution in [2.45, 2.75) is 0 Å². The Kier molecular flexibility index (Phi) is 5.80. The fourth-order valence-corrected chi connectivity index (χ4v) is 3.03. The van der Waals surface area contributed by atoms with Gasteiger partial charge in [-0.3, -0.25) is 0 Å². The molecule has 0 spiro atoms. The first-order valence-electron chi connectivity index (χ1n) is 9.75. The van der Waals surface area contributed by atoms with Crippen molar-refractivity contribution in [3.05, 3.63) is 96.6 Å². The van der Waals surface area contributed by atoms with E-state index in [2.05, 4.69) is 37.5 Å². The number of benzene rings is 3. The number of rotatable bonds is 6. The second-order valence-electron chi connectivity index (χ2n) is 7.05. The van der Waals surface area contributed by atoms with Gasteiger partial charge in [0.2, 0.25) is 5.95 Å². The molecule has 30 heavy (non-hydrogen) atoms. The minimum atomic E-state index is 0.455. The van der Waals surface area contributed by atoms with Gasteiger partial charge in [0, 0.05) is 30.9 Å². The van der Waals surface area contributed by atoms with Gasteiger partial charge in [-0.05, 0) is 23.8 Å². The monoisotopic (exact) mass is 393 g/mol. The summed E-state index contributed by atoms with van der Waals surface area (Å²) >= 11 is 0. The van der Waals surface area contributed by atoms with E-state index in [-0.39, 0.29) is 0 Å². The summed E-state index contributed by atoms with van der Waals surface area (Å²) in [7, 11) is 4.04. The molecule has 5 heteroatoms. The smallest absolute Gasteiger partial charge is 0.244 e. The Morgan fingerprint density at radius 2 is 1.27 bits per heavy atom. The van der Waals surface area contributed by atoms with Crippen molar-refractivity contribution in [3.8, 4) is 22.5 Å². The molecule has 3 aromatic carbocycles. The van der Waals surface area contributed by atoms with Crippen molar-refractivity contribution in [1.29, 1.82) is 0 Å². The summed E-state index contributed by atoms with van der Waals surface area (Å²) in [5.74, 6) is 0.455. The van der Waals surface area contributed by atoms with Crippen molar-refractivity contribution in [2.75, 3.05) is 24.4 Å². The first-order valence-corrected chi connectivity index (χ1v) is 9.75. The minimum absolute atomic E-state index is 0.455. The number of hydrogen-bond acceptors (Lipinski definition) is 5. The molecule has 0 aliphatic heterocycles. The van der Waals surface area contributed by atoms with Gasteiger partial charge in [0.25, 0.3) is 0 Å². The molecule has 0 fully saturated rings. The van der Waals surface area contributed by atoms with Gasteiger partial charge in [0.05, 0.1) is 17.6 Å². The maximum atomic E-state index is 4.66. The third-order valence-electron chi connectivity index (χ3n) is 4.65. The summed E-state index contributed by atoms with van der Waals surface area (Å²) in [5.41, 5.74) is 8.88. The maximum Gasteiger partial charge on any atom is 0.244 e. The maximum absolute atomic E-state index is 4.66. The summed E-state index contributed by atoms with van der Waals surface area (Å²) < 4.78 is 0. The van der Waals surface area contributed by atoms with Gasteiger partial charge < -0.3 is 4.90 Å². The fraction of sp³-hybridized carbons (Fsp3) is 0.0800. The van der Waals surface area contributed by atoms with Crippen LogP contribution in [0.1, 0.15) is 5.56 Å². The molecule has 4 aromatic rings. The van der Waals surface area contributed by atoms with Crippen LogP contribution in [0.15, 0.2) is 96.1 Å². The normalized spacial score (nSPS) is 10.9. The molecule has 1 aromatic heterocycles. The molecule has 148 valence electrons. The highest BCUT2D eigenvalue weighted by atomic mass is 15.3. The number of nitrogens with zero attached hydrogens (tertiary/aromatic N) is 4. The van der Waals surface area contributed by atoms with Gasteiger partial charge >= 0.3 is 0 Å². The van der Waals surface area contributed by atoms with Gasteiger partial charge in [-0.15, -0.1) is 0 Å². The molecular formula is C25H23N5. The summed E-state index contributed by atoms with van der Waals surface area (Å²) in [4.78, 5) is 11.4. The highest BCUT2D eigenvalue weighted by molar-refractivity contribution is 5.81. The van der Waals surface area contributed by atoms with Gasteiger partial charge in [-0.2, -0.15) is 5.10 Å². The van der Waals surface area contributed by atoms with E-state index in [4.69, 9.17) is 0 Å². The van der Waals surface area contributed by atoms with Gasteiger partial charge in [0.15, 0.2) is 0 Å². The Hall–Kier alpha value is -3.99. The molecule has 5 nitrogen and oxygen atoms in total. The summed E-state index contributed by atoms with van der Waals surface area (Å²) in [6, 6.07) is 30.3. The molecule has 0 aliphatic carbocycles. The predicted molar refractivity (Wildman–Crippen MR) is 125 cm³/mol. The first kappa shape index (κ1) is 19.3. The summed E-state index contributed by atoms with van der Waals surface area (Å²) in [6.45, 7) is 0. The van der Waals surface area contributed by atoms with Gasteiger partial charge in [0.1, 0.15) is 0 Å². The van der Waals surface area contributed by atoms with E-state index in [1.165, 1.54) is 0 Å². The van der Waals surface area contributed by atoms with E-state index in [1.807, 2.05) is 93.0 Å². The number of nitrogens with one attached hydrogen (secondary N) is 1. The van der Waals surface area contributed by atoms with E-state index >= 15 is 0 Å². The highest BCUT2D eigenvalue weighted by Gasteiger charge is 2.08. The van der Waals surface area contributed by atoms with Crippen molar-refractivity contribution >= 4 is 17.9 Å². The lowest BCUT2D eigenvalue weighted by molar-refractivity contribution is 1.12. The molecule has 0 unspecified atom stereocenters. The lowest BCUT2D eigenvalue weighted by Gasteiger charge is -2.11. The standard InChI is InChI=1S/C25H23N5/c1-30(2)22-15-13-19(14-16-22)18-26-29-25-27-23(20-9-5-3-6-10-20)17-24(28-25)21-11-7-4-8-12-21/h3-18H,1-2H3,(H,27,28,29)/b26-18+.